The molecule has 0 spiro atoms. The highest BCUT2D eigenvalue weighted by Crippen LogP contribution is 2.24. The molecule has 0 aliphatic carbocycles. The van der Waals surface area contributed by atoms with Crippen molar-refractivity contribution in [2.24, 2.45) is 0 Å². The highest BCUT2D eigenvalue weighted by Gasteiger charge is 2.28. The summed E-state index contributed by atoms with van der Waals surface area (Å²) in [6, 6.07) is 14.2. The molecule has 0 radical (unpaired) electrons. The second-order valence-corrected chi connectivity index (χ2v) is 6.79. The zero-order chi connectivity index (χ0) is 19.1. The van der Waals surface area contributed by atoms with Crippen LogP contribution in [0.3, 0.4) is 0 Å². The minimum Gasteiger partial charge on any atom is -0.357 e. The van der Waals surface area contributed by atoms with Gasteiger partial charge in [-0.15, -0.1) is 0 Å². The Morgan fingerprint density at radius 3 is 2.31 bits per heavy atom. The molecule has 0 saturated heterocycles. The van der Waals surface area contributed by atoms with Crippen LogP contribution in [0.1, 0.15) is 24.5 Å². The van der Waals surface area contributed by atoms with Crippen LogP contribution in [0.25, 0.3) is 0 Å². The average molecular weight is 393 g/mol. The number of nitrogens with one attached hydrogen (secondary N) is 1. The third kappa shape index (κ3) is 5.23. The van der Waals surface area contributed by atoms with Gasteiger partial charge in [-0.2, -0.15) is 0 Å². The Hall–Kier alpha value is -2.04. The van der Waals surface area contributed by atoms with E-state index in [0.29, 0.717) is 16.5 Å². The minimum atomic E-state index is -0.550. The van der Waals surface area contributed by atoms with E-state index < -0.39 is 6.04 Å². The summed E-state index contributed by atoms with van der Waals surface area (Å²) < 4.78 is 0. The predicted molar refractivity (Wildman–Crippen MR) is 105 cm³/mol. The molecule has 1 atom stereocenters. The molecule has 2 amide bonds. The molecule has 2 aromatic carbocycles. The SMILES string of the molecule is CCC(C(=O)NC)N(Cc1ccc(Cl)c(Cl)c1)C(=O)Cc1ccccc1. The molecule has 1 unspecified atom stereocenters. The highest BCUT2D eigenvalue weighted by atomic mass is 35.5. The Balaban J connectivity index is 2.29. The number of nitrogens with zero attached hydrogens (tertiary/aromatic N) is 1. The van der Waals surface area contributed by atoms with Gasteiger partial charge in [0, 0.05) is 13.6 Å². The van der Waals surface area contributed by atoms with Crippen molar-refractivity contribution in [3.63, 3.8) is 0 Å². The highest BCUT2D eigenvalue weighted by molar-refractivity contribution is 6.42. The second kappa shape index (κ2) is 9.60. The molecule has 2 aromatic rings. The van der Waals surface area contributed by atoms with Gasteiger partial charge in [-0.3, -0.25) is 9.59 Å². The van der Waals surface area contributed by atoms with E-state index in [4.69, 9.17) is 23.2 Å². The van der Waals surface area contributed by atoms with Crippen LogP contribution in [-0.4, -0.2) is 29.8 Å². The molecule has 2 rings (SSSR count). The Morgan fingerprint density at radius 2 is 1.73 bits per heavy atom. The maximum atomic E-state index is 13.0. The summed E-state index contributed by atoms with van der Waals surface area (Å²) in [6.07, 6.45) is 0.747. The van der Waals surface area contributed by atoms with Crippen molar-refractivity contribution in [1.29, 1.82) is 0 Å². The number of carbonyl (C=O) groups excluding carboxylic acids is 2. The number of halogens is 2. The number of carbonyl (C=O) groups is 2. The van der Waals surface area contributed by atoms with E-state index in [1.807, 2.05) is 43.3 Å². The van der Waals surface area contributed by atoms with Crippen molar-refractivity contribution >= 4 is 35.0 Å². The van der Waals surface area contributed by atoms with E-state index >= 15 is 0 Å². The summed E-state index contributed by atoms with van der Waals surface area (Å²) in [5.41, 5.74) is 1.73. The van der Waals surface area contributed by atoms with Gasteiger partial charge >= 0.3 is 0 Å². The Morgan fingerprint density at radius 1 is 1.04 bits per heavy atom. The lowest BCUT2D eigenvalue weighted by atomic mass is 10.1. The first kappa shape index (κ1) is 20.3. The first-order valence-electron chi connectivity index (χ1n) is 8.45. The maximum absolute atomic E-state index is 13.0. The van der Waals surface area contributed by atoms with Crippen molar-refractivity contribution in [2.45, 2.75) is 32.4 Å². The normalized spacial score (nSPS) is 11.7. The number of likely N-dealkylation sites (N-methyl/N-ethyl adjacent to an activating group) is 1. The number of hydrogen-bond donors (Lipinski definition) is 1. The molecule has 1 N–H and O–H groups in total. The number of hydrogen-bond acceptors (Lipinski definition) is 2. The largest absolute Gasteiger partial charge is 0.357 e. The molecule has 0 fully saturated rings. The summed E-state index contributed by atoms with van der Waals surface area (Å²) in [7, 11) is 1.57. The number of rotatable bonds is 7. The molecule has 0 saturated carbocycles. The predicted octanol–water partition coefficient (Wildman–Crippen LogP) is 4.09. The van der Waals surface area contributed by atoms with Gasteiger partial charge in [-0.05, 0) is 29.7 Å². The van der Waals surface area contributed by atoms with Crippen molar-refractivity contribution in [3.05, 3.63) is 69.7 Å². The summed E-state index contributed by atoms with van der Waals surface area (Å²) in [4.78, 5) is 26.9. The van der Waals surface area contributed by atoms with Crippen LogP contribution in [0.5, 0.6) is 0 Å². The van der Waals surface area contributed by atoms with Crippen LogP contribution in [0.4, 0.5) is 0 Å². The van der Waals surface area contributed by atoms with Gasteiger partial charge in [-0.25, -0.2) is 0 Å². The summed E-state index contributed by atoms with van der Waals surface area (Å²) >= 11 is 12.1. The van der Waals surface area contributed by atoms with Crippen molar-refractivity contribution in [2.75, 3.05) is 7.05 Å². The molecule has 6 heteroatoms. The van der Waals surface area contributed by atoms with Gasteiger partial charge in [0.15, 0.2) is 0 Å². The fraction of sp³-hybridized carbons (Fsp3) is 0.300. The van der Waals surface area contributed by atoms with Crippen molar-refractivity contribution in [1.82, 2.24) is 10.2 Å². The van der Waals surface area contributed by atoms with Gasteiger partial charge in [0.05, 0.1) is 16.5 Å². The molecular weight excluding hydrogens is 371 g/mol. The van der Waals surface area contributed by atoms with Crippen molar-refractivity contribution < 1.29 is 9.59 Å². The van der Waals surface area contributed by atoms with Gasteiger partial charge in [-0.1, -0.05) is 66.5 Å². The second-order valence-electron chi connectivity index (χ2n) is 5.97. The zero-order valence-electron chi connectivity index (χ0n) is 14.8. The fourth-order valence-corrected chi connectivity index (χ4v) is 3.11. The van der Waals surface area contributed by atoms with Crippen LogP contribution < -0.4 is 5.32 Å². The fourth-order valence-electron chi connectivity index (χ4n) is 2.79. The molecule has 0 bridgehead atoms. The van der Waals surface area contributed by atoms with Gasteiger partial charge < -0.3 is 10.2 Å². The average Bonchev–Trinajstić information content (AvgIpc) is 2.64. The Kier molecular flexibility index (Phi) is 7.49. The molecule has 0 heterocycles. The number of benzene rings is 2. The van der Waals surface area contributed by atoms with Crippen LogP contribution >= 0.6 is 23.2 Å². The first-order valence-corrected chi connectivity index (χ1v) is 9.20. The van der Waals surface area contributed by atoms with Crippen LogP contribution in [-0.2, 0) is 22.6 Å². The summed E-state index contributed by atoms with van der Waals surface area (Å²) in [5, 5.41) is 3.52. The van der Waals surface area contributed by atoms with Crippen LogP contribution in [0, 0.1) is 0 Å². The van der Waals surface area contributed by atoms with Crippen molar-refractivity contribution in [3.8, 4) is 0 Å². The summed E-state index contributed by atoms with van der Waals surface area (Å²) in [6.45, 7) is 2.17. The van der Waals surface area contributed by atoms with Crippen LogP contribution in [0.15, 0.2) is 48.5 Å². The van der Waals surface area contributed by atoms with Gasteiger partial charge in [0.1, 0.15) is 6.04 Å². The first-order chi connectivity index (χ1) is 12.5. The standard InChI is InChI=1S/C20H22Cl2N2O2/c1-3-18(20(26)23-2)24(13-15-9-10-16(21)17(22)11-15)19(25)12-14-7-5-4-6-8-14/h4-11,18H,3,12-13H2,1-2H3,(H,23,26). The van der Waals surface area contributed by atoms with E-state index in [1.54, 1.807) is 24.1 Å². The van der Waals surface area contributed by atoms with E-state index in [0.717, 1.165) is 11.1 Å². The van der Waals surface area contributed by atoms with Gasteiger partial charge in [0.2, 0.25) is 11.8 Å². The van der Waals surface area contributed by atoms with E-state index in [9.17, 15) is 9.59 Å². The Bertz CT molecular complexity index is 766. The molecular formula is C20H22Cl2N2O2. The lowest BCUT2D eigenvalue weighted by molar-refractivity contribution is -0.140. The van der Waals surface area contributed by atoms with Crippen LogP contribution in [0.2, 0.25) is 10.0 Å². The maximum Gasteiger partial charge on any atom is 0.242 e. The molecule has 0 aliphatic heterocycles. The lowest BCUT2D eigenvalue weighted by Crippen LogP contribution is -2.48. The number of amides is 2. The van der Waals surface area contributed by atoms with E-state index in [-0.39, 0.29) is 24.8 Å². The topological polar surface area (TPSA) is 49.4 Å². The quantitative estimate of drug-likeness (QED) is 0.771. The van der Waals surface area contributed by atoms with Gasteiger partial charge in [0.25, 0.3) is 0 Å². The lowest BCUT2D eigenvalue weighted by Gasteiger charge is -2.30. The molecule has 4 nitrogen and oxygen atoms in total. The molecule has 0 aliphatic rings. The molecule has 0 aromatic heterocycles. The van der Waals surface area contributed by atoms with E-state index in [1.165, 1.54) is 0 Å². The summed E-state index contributed by atoms with van der Waals surface area (Å²) in [5.74, 6) is -0.299. The van der Waals surface area contributed by atoms with E-state index in [2.05, 4.69) is 5.32 Å². The molecule has 138 valence electrons. The monoisotopic (exact) mass is 392 g/mol. The third-order valence-corrected chi connectivity index (χ3v) is 4.91. The Labute approximate surface area is 164 Å². The zero-order valence-corrected chi connectivity index (χ0v) is 16.3. The third-order valence-electron chi connectivity index (χ3n) is 4.17. The smallest absolute Gasteiger partial charge is 0.242 e. The minimum absolute atomic E-state index is 0.113. The molecule has 26 heavy (non-hydrogen) atoms.